The van der Waals surface area contributed by atoms with Gasteiger partial charge in [0.2, 0.25) is 0 Å². The minimum Gasteiger partial charge on any atom is -0.364 e. The van der Waals surface area contributed by atoms with Crippen LogP contribution in [0.4, 0.5) is 5.82 Å². The van der Waals surface area contributed by atoms with E-state index in [0.29, 0.717) is 12.4 Å². The van der Waals surface area contributed by atoms with Gasteiger partial charge in [-0.2, -0.15) is 0 Å². The van der Waals surface area contributed by atoms with Crippen molar-refractivity contribution in [1.29, 1.82) is 0 Å². The van der Waals surface area contributed by atoms with E-state index in [0.717, 1.165) is 52.2 Å². The number of thiophene rings is 1. The number of anilines is 1. The molecule has 1 aliphatic rings. The molecule has 5 nitrogen and oxygen atoms in total. The Bertz CT molecular complexity index is 1210. The first-order valence-corrected chi connectivity index (χ1v) is 11.5. The average molecular weight is 419 g/mol. The van der Waals surface area contributed by atoms with Gasteiger partial charge in [0.25, 0.3) is 5.56 Å². The monoisotopic (exact) mass is 418 g/mol. The quantitative estimate of drug-likeness (QED) is 0.499. The first-order valence-electron chi connectivity index (χ1n) is 10.7. The van der Waals surface area contributed by atoms with E-state index >= 15 is 0 Å². The number of benzene rings is 2. The van der Waals surface area contributed by atoms with Gasteiger partial charge >= 0.3 is 0 Å². The lowest BCUT2D eigenvalue weighted by atomic mass is 10.1. The zero-order valence-corrected chi connectivity index (χ0v) is 17.8. The van der Waals surface area contributed by atoms with Crippen LogP contribution in [0.2, 0.25) is 0 Å². The molecule has 0 atom stereocenters. The molecule has 1 fully saturated rings. The highest BCUT2D eigenvalue weighted by atomic mass is 32.1. The number of hydrogen-bond acceptors (Lipinski definition) is 5. The summed E-state index contributed by atoms with van der Waals surface area (Å²) in [6.45, 7) is 4.54. The van der Waals surface area contributed by atoms with Gasteiger partial charge in [-0.1, -0.05) is 55.0 Å². The topological polar surface area (TPSA) is 50.2 Å². The highest BCUT2D eigenvalue weighted by molar-refractivity contribution is 7.25. The summed E-state index contributed by atoms with van der Waals surface area (Å²) < 4.78 is 3.05. The fourth-order valence-electron chi connectivity index (χ4n) is 4.28. The van der Waals surface area contributed by atoms with E-state index in [2.05, 4.69) is 34.5 Å². The number of hydrogen-bond donors (Lipinski definition) is 1. The van der Waals surface area contributed by atoms with Crippen molar-refractivity contribution in [2.24, 2.45) is 0 Å². The van der Waals surface area contributed by atoms with Gasteiger partial charge in [0.1, 0.15) is 4.83 Å². The second-order valence-electron chi connectivity index (χ2n) is 7.92. The predicted octanol–water partition coefficient (Wildman–Crippen LogP) is 4.56. The maximum absolute atomic E-state index is 13.4. The summed E-state index contributed by atoms with van der Waals surface area (Å²) in [5, 5.41) is 4.44. The molecular weight excluding hydrogens is 392 g/mol. The molecule has 6 heteroatoms. The molecule has 0 bridgehead atoms. The Morgan fingerprint density at radius 3 is 2.57 bits per heavy atom. The van der Waals surface area contributed by atoms with Crippen molar-refractivity contribution in [1.82, 2.24) is 14.5 Å². The molecule has 0 saturated carbocycles. The van der Waals surface area contributed by atoms with Crippen molar-refractivity contribution in [2.45, 2.75) is 25.8 Å². The minimum absolute atomic E-state index is 0.0476. The molecule has 0 aliphatic carbocycles. The summed E-state index contributed by atoms with van der Waals surface area (Å²) in [6.07, 6.45) is 3.88. The van der Waals surface area contributed by atoms with Crippen molar-refractivity contribution in [3.63, 3.8) is 0 Å². The lowest BCUT2D eigenvalue weighted by Crippen LogP contribution is -2.35. The van der Waals surface area contributed by atoms with Crippen LogP contribution in [0.25, 0.3) is 20.4 Å². The van der Waals surface area contributed by atoms with Crippen molar-refractivity contribution in [2.75, 3.05) is 31.5 Å². The number of nitrogens with one attached hydrogen (secondary N) is 1. The van der Waals surface area contributed by atoms with Gasteiger partial charge < -0.3 is 10.2 Å². The van der Waals surface area contributed by atoms with Crippen LogP contribution in [0.3, 0.4) is 0 Å². The maximum atomic E-state index is 13.4. The van der Waals surface area contributed by atoms with Crippen LogP contribution < -0.4 is 10.9 Å². The molecule has 2 aromatic carbocycles. The summed E-state index contributed by atoms with van der Waals surface area (Å²) in [5.74, 6) is 0.460. The Labute approximate surface area is 180 Å². The number of aromatic nitrogens is 2. The standard InChI is InChI=1S/C24H26N4OS/c29-24-22(25-13-16-27-14-7-2-8-15-27)26-23-21(19-11-5-6-12-20(19)30-23)28(24)17-18-9-3-1-4-10-18/h1,3-6,9-12H,2,7-8,13-17H2,(H,25,26). The highest BCUT2D eigenvalue weighted by Crippen LogP contribution is 2.32. The second kappa shape index (κ2) is 8.58. The van der Waals surface area contributed by atoms with Gasteiger partial charge in [-0.3, -0.25) is 9.36 Å². The van der Waals surface area contributed by atoms with Crippen molar-refractivity contribution in [3.05, 3.63) is 70.5 Å². The Morgan fingerprint density at radius 1 is 0.967 bits per heavy atom. The third-order valence-corrected chi connectivity index (χ3v) is 6.89. The second-order valence-corrected chi connectivity index (χ2v) is 8.95. The summed E-state index contributed by atoms with van der Waals surface area (Å²) in [5.41, 5.74) is 2.00. The third kappa shape index (κ3) is 3.85. The van der Waals surface area contributed by atoms with E-state index in [1.807, 2.05) is 34.9 Å². The van der Waals surface area contributed by atoms with E-state index in [4.69, 9.17) is 4.98 Å². The van der Waals surface area contributed by atoms with Gasteiger partial charge in [0.15, 0.2) is 5.82 Å². The van der Waals surface area contributed by atoms with Gasteiger partial charge in [-0.25, -0.2) is 4.98 Å². The molecular formula is C24H26N4OS. The molecule has 0 unspecified atom stereocenters. The van der Waals surface area contributed by atoms with Crippen LogP contribution in [0.1, 0.15) is 24.8 Å². The normalized spacial score (nSPS) is 15.1. The van der Waals surface area contributed by atoms with E-state index in [1.54, 1.807) is 11.3 Å². The van der Waals surface area contributed by atoms with Crippen LogP contribution in [0.15, 0.2) is 59.4 Å². The summed E-state index contributed by atoms with van der Waals surface area (Å²) >= 11 is 1.65. The predicted molar refractivity (Wildman–Crippen MR) is 126 cm³/mol. The van der Waals surface area contributed by atoms with Crippen LogP contribution in [-0.2, 0) is 6.54 Å². The minimum atomic E-state index is -0.0476. The largest absolute Gasteiger partial charge is 0.364 e. The smallest absolute Gasteiger partial charge is 0.294 e. The Balaban J connectivity index is 1.52. The molecule has 1 N–H and O–H groups in total. The van der Waals surface area contributed by atoms with E-state index < -0.39 is 0 Å². The fourth-order valence-corrected chi connectivity index (χ4v) is 5.37. The molecule has 154 valence electrons. The molecule has 3 heterocycles. The Morgan fingerprint density at radius 2 is 1.73 bits per heavy atom. The molecule has 1 saturated heterocycles. The van der Waals surface area contributed by atoms with Crippen molar-refractivity contribution >= 4 is 37.6 Å². The fraction of sp³-hybridized carbons (Fsp3) is 0.333. The maximum Gasteiger partial charge on any atom is 0.294 e. The van der Waals surface area contributed by atoms with Gasteiger partial charge in [0.05, 0.1) is 12.1 Å². The van der Waals surface area contributed by atoms with Crippen molar-refractivity contribution < 1.29 is 0 Å². The Kier molecular flexibility index (Phi) is 5.51. The third-order valence-electron chi connectivity index (χ3n) is 5.84. The molecule has 5 rings (SSSR count). The zero-order chi connectivity index (χ0) is 20.3. The van der Waals surface area contributed by atoms with E-state index in [-0.39, 0.29) is 5.56 Å². The van der Waals surface area contributed by atoms with Gasteiger partial charge in [0, 0.05) is 23.2 Å². The number of rotatable bonds is 6. The lowest BCUT2D eigenvalue weighted by molar-refractivity contribution is 0.237. The van der Waals surface area contributed by atoms with E-state index in [9.17, 15) is 4.79 Å². The average Bonchev–Trinajstić information content (AvgIpc) is 3.16. The van der Waals surface area contributed by atoms with Gasteiger partial charge in [-0.05, 0) is 37.6 Å². The summed E-state index contributed by atoms with van der Waals surface area (Å²) in [7, 11) is 0. The van der Waals surface area contributed by atoms with E-state index in [1.165, 1.54) is 19.3 Å². The van der Waals surface area contributed by atoms with Gasteiger partial charge in [-0.15, -0.1) is 11.3 Å². The molecule has 0 radical (unpaired) electrons. The number of fused-ring (bicyclic) bond motifs is 3. The SMILES string of the molecule is O=c1c(NCCN2CCCCC2)nc2sc3ccccc3c2n1Cc1ccccc1. The lowest BCUT2D eigenvalue weighted by Gasteiger charge is -2.26. The zero-order valence-electron chi connectivity index (χ0n) is 17.0. The molecule has 0 amide bonds. The molecule has 30 heavy (non-hydrogen) atoms. The van der Waals surface area contributed by atoms with Crippen LogP contribution in [-0.4, -0.2) is 40.6 Å². The summed E-state index contributed by atoms with van der Waals surface area (Å²) in [4.78, 5) is 21.6. The molecule has 4 aromatic rings. The first-order chi connectivity index (χ1) is 14.8. The molecule has 1 aliphatic heterocycles. The van der Waals surface area contributed by atoms with Crippen molar-refractivity contribution in [3.8, 4) is 0 Å². The number of likely N-dealkylation sites (tertiary alicyclic amines) is 1. The molecule has 0 spiro atoms. The Hall–Kier alpha value is -2.70. The van der Waals surface area contributed by atoms with Crippen LogP contribution >= 0.6 is 11.3 Å². The molecule has 2 aromatic heterocycles. The van der Waals surface area contributed by atoms with Crippen LogP contribution in [0.5, 0.6) is 0 Å². The highest BCUT2D eigenvalue weighted by Gasteiger charge is 2.17. The summed E-state index contributed by atoms with van der Waals surface area (Å²) in [6, 6.07) is 18.4. The first kappa shape index (κ1) is 19.3. The number of piperidine rings is 1. The van der Waals surface area contributed by atoms with Crippen LogP contribution in [0, 0.1) is 0 Å². The number of nitrogens with zero attached hydrogens (tertiary/aromatic N) is 3.